The Kier molecular flexibility index (Phi) is 6.52. The normalized spacial score (nSPS) is 17.4. The first-order valence-corrected chi connectivity index (χ1v) is 6.69. The van der Waals surface area contributed by atoms with Crippen molar-refractivity contribution in [3.8, 4) is 0 Å². The predicted molar refractivity (Wildman–Crippen MR) is 71.0 cm³/mol. The standard InChI is InChI=1S/C13H27N3O/c1-15(2)13(17)5-4-10-16(3)11-12-6-8-14-9-7-12/h12,14H,4-11H2,1-3H3. The SMILES string of the molecule is CN(CCCC(=O)N(C)C)CC1CCNCC1. The third kappa shape index (κ3) is 6.03. The van der Waals surface area contributed by atoms with Gasteiger partial charge in [-0.25, -0.2) is 0 Å². The van der Waals surface area contributed by atoms with Crippen LogP contribution in [-0.2, 0) is 4.79 Å². The highest BCUT2D eigenvalue weighted by Crippen LogP contribution is 2.12. The lowest BCUT2D eigenvalue weighted by Crippen LogP contribution is -2.35. The molecule has 1 N–H and O–H groups in total. The number of carbonyl (C=O) groups is 1. The molecule has 0 spiro atoms. The van der Waals surface area contributed by atoms with E-state index in [1.165, 1.54) is 19.4 Å². The molecular weight excluding hydrogens is 214 g/mol. The number of piperidine rings is 1. The van der Waals surface area contributed by atoms with Crippen molar-refractivity contribution in [3.05, 3.63) is 0 Å². The van der Waals surface area contributed by atoms with Gasteiger partial charge in [-0.05, 0) is 51.9 Å². The number of nitrogens with zero attached hydrogens (tertiary/aromatic N) is 2. The molecule has 4 nitrogen and oxygen atoms in total. The summed E-state index contributed by atoms with van der Waals surface area (Å²) in [6.45, 7) is 4.54. The molecule has 0 aromatic carbocycles. The molecule has 1 aliphatic rings. The van der Waals surface area contributed by atoms with E-state index in [0.717, 1.165) is 32.0 Å². The second-order valence-electron chi connectivity index (χ2n) is 5.35. The Morgan fingerprint density at radius 3 is 2.47 bits per heavy atom. The van der Waals surface area contributed by atoms with Crippen LogP contribution in [0.3, 0.4) is 0 Å². The molecule has 0 aromatic rings. The van der Waals surface area contributed by atoms with E-state index >= 15 is 0 Å². The van der Waals surface area contributed by atoms with E-state index in [1.54, 1.807) is 4.90 Å². The van der Waals surface area contributed by atoms with Crippen LogP contribution < -0.4 is 5.32 Å². The van der Waals surface area contributed by atoms with Gasteiger partial charge < -0.3 is 15.1 Å². The van der Waals surface area contributed by atoms with Crippen LogP contribution in [-0.4, -0.2) is 63.0 Å². The van der Waals surface area contributed by atoms with E-state index in [0.29, 0.717) is 6.42 Å². The predicted octanol–water partition coefficient (Wildman–Crippen LogP) is 0.786. The Morgan fingerprint density at radius 2 is 1.88 bits per heavy atom. The lowest BCUT2D eigenvalue weighted by molar-refractivity contribution is -0.128. The van der Waals surface area contributed by atoms with E-state index in [-0.39, 0.29) is 5.91 Å². The fraction of sp³-hybridized carbons (Fsp3) is 0.923. The average Bonchev–Trinajstić information content (AvgIpc) is 2.30. The number of hydrogen-bond acceptors (Lipinski definition) is 3. The minimum Gasteiger partial charge on any atom is -0.349 e. The molecule has 0 aromatic heterocycles. The van der Waals surface area contributed by atoms with Gasteiger partial charge in [0.2, 0.25) is 5.91 Å². The van der Waals surface area contributed by atoms with E-state index in [9.17, 15) is 4.79 Å². The zero-order chi connectivity index (χ0) is 12.7. The Labute approximate surface area is 105 Å². The van der Waals surface area contributed by atoms with Crippen LogP contribution in [0.4, 0.5) is 0 Å². The molecule has 0 bridgehead atoms. The van der Waals surface area contributed by atoms with E-state index < -0.39 is 0 Å². The van der Waals surface area contributed by atoms with Crippen molar-refractivity contribution in [1.82, 2.24) is 15.1 Å². The van der Waals surface area contributed by atoms with Crippen LogP contribution >= 0.6 is 0 Å². The number of hydrogen-bond donors (Lipinski definition) is 1. The molecule has 0 aliphatic carbocycles. The molecule has 1 heterocycles. The maximum Gasteiger partial charge on any atom is 0.222 e. The van der Waals surface area contributed by atoms with Gasteiger partial charge in [-0.2, -0.15) is 0 Å². The Hall–Kier alpha value is -0.610. The molecule has 1 rings (SSSR count). The van der Waals surface area contributed by atoms with E-state index in [2.05, 4.69) is 17.3 Å². The molecule has 17 heavy (non-hydrogen) atoms. The maximum absolute atomic E-state index is 11.4. The summed E-state index contributed by atoms with van der Waals surface area (Å²) in [5, 5.41) is 3.39. The number of rotatable bonds is 6. The first kappa shape index (κ1) is 14.5. The average molecular weight is 241 g/mol. The minimum atomic E-state index is 0.236. The van der Waals surface area contributed by atoms with Crippen LogP contribution in [0.1, 0.15) is 25.7 Å². The van der Waals surface area contributed by atoms with Crippen LogP contribution in [0.25, 0.3) is 0 Å². The highest BCUT2D eigenvalue weighted by atomic mass is 16.2. The summed E-state index contributed by atoms with van der Waals surface area (Å²) in [5.41, 5.74) is 0. The molecule has 100 valence electrons. The smallest absolute Gasteiger partial charge is 0.222 e. The summed E-state index contributed by atoms with van der Waals surface area (Å²) in [4.78, 5) is 15.5. The lowest BCUT2D eigenvalue weighted by atomic mass is 9.97. The molecule has 1 aliphatic heterocycles. The lowest BCUT2D eigenvalue weighted by Gasteiger charge is -2.27. The van der Waals surface area contributed by atoms with Gasteiger partial charge in [0.25, 0.3) is 0 Å². The minimum absolute atomic E-state index is 0.236. The van der Waals surface area contributed by atoms with E-state index in [4.69, 9.17) is 0 Å². The van der Waals surface area contributed by atoms with Crippen LogP contribution in [0.15, 0.2) is 0 Å². The van der Waals surface area contributed by atoms with Crippen LogP contribution in [0.2, 0.25) is 0 Å². The highest BCUT2D eigenvalue weighted by Gasteiger charge is 2.14. The highest BCUT2D eigenvalue weighted by molar-refractivity contribution is 5.75. The second-order valence-corrected chi connectivity index (χ2v) is 5.35. The molecule has 4 heteroatoms. The monoisotopic (exact) mass is 241 g/mol. The summed E-state index contributed by atoms with van der Waals surface area (Å²) in [5.74, 6) is 1.08. The zero-order valence-corrected chi connectivity index (χ0v) is 11.5. The third-order valence-corrected chi connectivity index (χ3v) is 3.46. The number of nitrogens with one attached hydrogen (secondary N) is 1. The summed E-state index contributed by atoms with van der Waals surface area (Å²) in [6, 6.07) is 0. The van der Waals surface area contributed by atoms with Gasteiger partial charge in [-0.15, -0.1) is 0 Å². The first-order chi connectivity index (χ1) is 8.09. The second kappa shape index (κ2) is 7.67. The summed E-state index contributed by atoms with van der Waals surface area (Å²) >= 11 is 0. The molecular formula is C13H27N3O. The Balaban J connectivity index is 2.08. The van der Waals surface area contributed by atoms with Crippen LogP contribution in [0, 0.1) is 5.92 Å². The van der Waals surface area contributed by atoms with Gasteiger partial charge >= 0.3 is 0 Å². The largest absolute Gasteiger partial charge is 0.349 e. The van der Waals surface area contributed by atoms with Gasteiger partial charge in [0.15, 0.2) is 0 Å². The third-order valence-electron chi connectivity index (χ3n) is 3.46. The summed E-state index contributed by atoms with van der Waals surface area (Å²) in [6.07, 6.45) is 4.23. The van der Waals surface area contributed by atoms with Crippen molar-refractivity contribution < 1.29 is 4.79 Å². The van der Waals surface area contributed by atoms with Crippen molar-refractivity contribution in [2.45, 2.75) is 25.7 Å². The van der Waals surface area contributed by atoms with Gasteiger partial charge in [-0.1, -0.05) is 0 Å². The maximum atomic E-state index is 11.4. The molecule has 0 unspecified atom stereocenters. The molecule has 0 atom stereocenters. The Bertz CT molecular complexity index is 225. The van der Waals surface area contributed by atoms with Crippen molar-refractivity contribution in [3.63, 3.8) is 0 Å². The quantitative estimate of drug-likeness (QED) is 0.747. The summed E-state index contributed by atoms with van der Waals surface area (Å²) in [7, 11) is 5.81. The Morgan fingerprint density at radius 1 is 1.24 bits per heavy atom. The topological polar surface area (TPSA) is 35.6 Å². The van der Waals surface area contributed by atoms with Crippen molar-refractivity contribution in [2.75, 3.05) is 47.3 Å². The van der Waals surface area contributed by atoms with Crippen molar-refractivity contribution >= 4 is 5.91 Å². The van der Waals surface area contributed by atoms with Crippen molar-refractivity contribution in [1.29, 1.82) is 0 Å². The van der Waals surface area contributed by atoms with Gasteiger partial charge in [0.1, 0.15) is 0 Å². The number of carbonyl (C=O) groups excluding carboxylic acids is 1. The van der Waals surface area contributed by atoms with E-state index in [1.807, 2.05) is 14.1 Å². The summed E-state index contributed by atoms with van der Waals surface area (Å²) < 4.78 is 0. The fourth-order valence-corrected chi connectivity index (χ4v) is 2.32. The number of amides is 1. The van der Waals surface area contributed by atoms with Gasteiger partial charge in [0, 0.05) is 27.1 Å². The molecule has 1 saturated heterocycles. The zero-order valence-electron chi connectivity index (χ0n) is 11.5. The first-order valence-electron chi connectivity index (χ1n) is 6.69. The van der Waals surface area contributed by atoms with Gasteiger partial charge in [-0.3, -0.25) is 4.79 Å². The fourth-order valence-electron chi connectivity index (χ4n) is 2.32. The molecule has 1 fully saturated rings. The van der Waals surface area contributed by atoms with Gasteiger partial charge in [0.05, 0.1) is 0 Å². The van der Waals surface area contributed by atoms with Crippen molar-refractivity contribution in [2.24, 2.45) is 5.92 Å². The molecule has 0 radical (unpaired) electrons. The molecule has 0 saturated carbocycles. The molecule has 1 amide bonds. The van der Waals surface area contributed by atoms with Crippen LogP contribution in [0.5, 0.6) is 0 Å².